The van der Waals surface area contributed by atoms with Gasteiger partial charge in [0.1, 0.15) is 0 Å². The van der Waals surface area contributed by atoms with Crippen LogP contribution in [0.25, 0.3) is 0 Å². The molecule has 2 aliphatic rings. The molecule has 0 aromatic heterocycles. The van der Waals surface area contributed by atoms with Crippen molar-refractivity contribution in [3.63, 3.8) is 0 Å². The minimum Gasteiger partial charge on any atom is -0.384 e. The minimum absolute atomic E-state index is 0.557. The Bertz CT molecular complexity index is 441. The molecule has 0 aliphatic heterocycles. The monoisotopic (exact) mass is 287 g/mol. The lowest BCUT2D eigenvalue weighted by Gasteiger charge is -2.31. The van der Waals surface area contributed by atoms with Crippen molar-refractivity contribution >= 4 is 0 Å². The summed E-state index contributed by atoms with van der Waals surface area (Å²) in [5, 5.41) is 3.76. The third-order valence-corrected chi connectivity index (χ3v) is 5.58. The summed E-state index contributed by atoms with van der Waals surface area (Å²) in [6.45, 7) is 4.10. The molecule has 3 rings (SSSR count). The van der Waals surface area contributed by atoms with Crippen molar-refractivity contribution in [3.05, 3.63) is 35.4 Å². The summed E-state index contributed by atoms with van der Waals surface area (Å²) in [6.07, 6.45) is 6.88. The molecule has 0 saturated heterocycles. The Hall–Kier alpha value is -0.860. The van der Waals surface area contributed by atoms with E-state index in [1.165, 1.54) is 36.8 Å². The van der Waals surface area contributed by atoms with Crippen LogP contribution in [-0.4, -0.2) is 20.3 Å². The van der Waals surface area contributed by atoms with E-state index >= 15 is 0 Å². The first-order chi connectivity index (χ1) is 10.3. The number of benzene rings is 1. The van der Waals surface area contributed by atoms with Crippen LogP contribution in [0, 0.1) is 17.8 Å². The molecule has 2 saturated carbocycles. The van der Waals surface area contributed by atoms with Crippen LogP contribution in [-0.2, 0) is 11.2 Å². The van der Waals surface area contributed by atoms with E-state index in [1.807, 2.05) is 0 Å². The van der Waals surface area contributed by atoms with Gasteiger partial charge in [0.05, 0.1) is 6.61 Å². The lowest BCUT2D eigenvalue weighted by atomic mass is 9.80. The van der Waals surface area contributed by atoms with Crippen molar-refractivity contribution in [2.45, 2.75) is 45.1 Å². The largest absolute Gasteiger partial charge is 0.384 e. The van der Waals surface area contributed by atoms with Crippen LogP contribution >= 0.6 is 0 Å². The molecule has 0 heterocycles. The maximum atomic E-state index is 5.16. The van der Waals surface area contributed by atoms with Gasteiger partial charge in [0, 0.05) is 13.2 Å². The van der Waals surface area contributed by atoms with Crippen LogP contribution in [0.4, 0.5) is 0 Å². The fourth-order valence-corrected chi connectivity index (χ4v) is 4.55. The molecule has 2 nitrogen and oxygen atoms in total. The summed E-state index contributed by atoms with van der Waals surface area (Å²) in [6, 6.07) is 9.80. The van der Waals surface area contributed by atoms with E-state index in [1.54, 1.807) is 7.11 Å². The molecule has 2 bridgehead atoms. The van der Waals surface area contributed by atoms with Gasteiger partial charge in [-0.1, -0.05) is 37.6 Å². The van der Waals surface area contributed by atoms with Crippen molar-refractivity contribution in [3.8, 4) is 0 Å². The molecule has 2 aliphatic carbocycles. The third-order valence-electron chi connectivity index (χ3n) is 5.58. The van der Waals surface area contributed by atoms with Gasteiger partial charge < -0.3 is 10.1 Å². The van der Waals surface area contributed by atoms with E-state index < -0.39 is 0 Å². The highest BCUT2D eigenvalue weighted by Crippen LogP contribution is 2.52. The van der Waals surface area contributed by atoms with Crippen LogP contribution < -0.4 is 5.32 Å². The second kappa shape index (κ2) is 6.93. The normalized spacial score (nSPS) is 29.0. The SMILES string of the molecule is CCNC(c1ccc(CCOC)cc1)C1CC2CCC1C2. The number of hydrogen-bond donors (Lipinski definition) is 1. The molecule has 4 unspecified atom stereocenters. The van der Waals surface area contributed by atoms with Gasteiger partial charge in [0.2, 0.25) is 0 Å². The van der Waals surface area contributed by atoms with Crippen molar-refractivity contribution in [1.82, 2.24) is 5.32 Å². The van der Waals surface area contributed by atoms with Crippen LogP contribution in [0.3, 0.4) is 0 Å². The smallest absolute Gasteiger partial charge is 0.0502 e. The first kappa shape index (κ1) is 15.1. The summed E-state index contributed by atoms with van der Waals surface area (Å²) in [4.78, 5) is 0. The van der Waals surface area contributed by atoms with Crippen molar-refractivity contribution in [2.24, 2.45) is 17.8 Å². The van der Waals surface area contributed by atoms with Gasteiger partial charge in [-0.2, -0.15) is 0 Å². The molecular formula is C19H29NO. The molecule has 0 spiro atoms. The molecular weight excluding hydrogens is 258 g/mol. The molecule has 4 atom stereocenters. The van der Waals surface area contributed by atoms with E-state index in [-0.39, 0.29) is 0 Å². The van der Waals surface area contributed by atoms with Crippen LogP contribution in [0.1, 0.15) is 49.8 Å². The summed E-state index contributed by atoms with van der Waals surface area (Å²) in [5.74, 6) is 2.84. The summed E-state index contributed by atoms with van der Waals surface area (Å²) in [7, 11) is 1.77. The number of fused-ring (bicyclic) bond motifs is 2. The molecule has 2 heteroatoms. The van der Waals surface area contributed by atoms with Crippen molar-refractivity contribution in [2.75, 3.05) is 20.3 Å². The Balaban J connectivity index is 1.71. The van der Waals surface area contributed by atoms with E-state index in [0.29, 0.717) is 6.04 Å². The molecule has 2 fully saturated rings. The topological polar surface area (TPSA) is 21.3 Å². The number of rotatable bonds is 7. The molecule has 116 valence electrons. The number of methoxy groups -OCH3 is 1. The first-order valence-corrected chi connectivity index (χ1v) is 8.63. The Morgan fingerprint density at radius 3 is 2.57 bits per heavy atom. The first-order valence-electron chi connectivity index (χ1n) is 8.63. The van der Waals surface area contributed by atoms with Gasteiger partial charge >= 0.3 is 0 Å². The summed E-state index contributed by atoms with van der Waals surface area (Å²) < 4.78 is 5.16. The lowest BCUT2D eigenvalue weighted by Crippen LogP contribution is -2.31. The predicted molar refractivity (Wildman–Crippen MR) is 87.4 cm³/mol. The lowest BCUT2D eigenvalue weighted by molar-refractivity contribution is 0.202. The second-order valence-electron chi connectivity index (χ2n) is 6.86. The zero-order chi connectivity index (χ0) is 14.7. The van der Waals surface area contributed by atoms with E-state index in [9.17, 15) is 0 Å². The Morgan fingerprint density at radius 2 is 2.00 bits per heavy atom. The molecule has 0 radical (unpaired) electrons. The van der Waals surface area contributed by atoms with Gasteiger partial charge in [0.15, 0.2) is 0 Å². The average molecular weight is 287 g/mol. The predicted octanol–water partition coefficient (Wildman–Crippen LogP) is 3.96. The van der Waals surface area contributed by atoms with Crippen molar-refractivity contribution in [1.29, 1.82) is 0 Å². The number of ether oxygens (including phenoxy) is 1. The average Bonchev–Trinajstić information content (AvgIpc) is 3.14. The molecule has 1 N–H and O–H groups in total. The fourth-order valence-electron chi connectivity index (χ4n) is 4.55. The molecule has 1 aromatic carbocycles. The maximum absolute atomic E-state index is 5.16. The van der Waals surface area contributed by atoms with E-state index in [2.05, 4.69) is 36.5 Å². The highest BCUT2D eigenvalue weighted by Gasteiger charge is 2.43. The summed E-state index contributed by atoms with van der Waals surface area (Å²) in [5.41, 5.74) is 2.86. The summed E-state index contributed by atoms with van der Waals surface area (Å²) >= 11 is 0. The zero-order valence-corrected chi connectivity index (χ0v) is 13.5. The number of hydrogen-bond acceptors (Lipinski definition) is 2. The van der Waals surface area contributed by atoms with E-state index in [4.69, 9.17) is 4.74 Å². The second-order valence-corrected chi connectivity index (χ2v) is 6.86. The van der Waals surface area contributed by atoms with Gasteiger partial charge in [-0.15, -0.1) is 0 Å². The van der Waals surface area contributed by atoms with Crippen molar-refractivity contribution < 1.29 is 4.74 Å². The van der Waals surface area contributed by atoms with Gasteiger partial charge in [-0.05, 0) is 61.1 Å². The number of nitrogens with one attached hydrogen (secondary N) is 1. The van der Waals surface area contributed by atoms with Gasteiger partial charge in [-0.3, -0.25) is 0 Å². The van der Waals surface area contributed by atoms with Gasteiger partial charge in [0.25, 0.3) is 0 Å². The highest BCUT2D eigenvalue weighted by atomic mass is 16.5. The van der Waals surface area contributed by atoms with Crippen LogP contribution in [0.2, 0.25) is 0 Å². The highest BCUT2D eigenvalue weighted by molar-refractivity contribution is 5.26. The standard InChI is InChI=1S/C19H29NO/c1-3-20-19(18-13-15-6-9-17(18)12-15)16-7-4-14(5-8-16)10-11-21-2/h4-5,7-8,15,17-20H,3,6,9-13H2,1-2H3. The zero-order valence-electron chi connectivity index (χ0n) is 13.5. The molecule has 21 heavy (non-hydrogen) atoms. The van der Waals surface area contributed by atoms with Crippen LogP contribution in [0.15, 0.2) is 24.3 Å². The molecule has 0 amide bonds. The fraction of sp³-hybridized carbons (Fsp3) is 0.684. The Labute approximate surface area is 129 Å². The maximum Gasteiger partial charge on any atom is 0.0502 e. The van der Waals surface area contributed by atoms with E-state index in [0.717, 1.165) is 37.3 Å². The quantitative estimate of drug-likeness (QED) is 0.819. The van der Waals surface area contributed by atoms with Crippen LogP contribution in [0.5, 0.6) is 0 Å². The Kier molecular flexibility index (Phi) is 4.97. The molecule has 1 aromatic rings. The minimum atomic E-state index is 0.557. The Morgan fingerprint density at radius 1 is 1.19 bits per heavy atom. The van der Waals surface area contributed by atoms with Gasteiger partial charge in [-0.25, -0.2) is 0 Å². The third kappa shape index (κ3) is 3.32.